The van der Waals surface area contributed by atoms with E-state index in [1.165, 1.54) is 16.6 Å². The Hall–Kier alpha value is -1.66. The van der Waals surface area contributed by atoms with Gasteiger partial charge in [-0.05, 0) is 18.6 Å². The van der Waals surface area contributed by atoms with Gasteiger partial charge in [-0.15, -0.1) is 0 Å². The lowest BCUT2D eigenvalue weighted by molar-refractivity contribution is 0.421. The number of hydrogen-bond donors (Lipinski definition) is 1. The molecule has 19 heavy (non-hydrogen) atoms. The van der Waals surface area contributed by atoms with Crippen molar-refractivity contribution >= 4 is 10.0 Å². The van der Waals surface area contributed by atoms with Crippen LogP contribution in [0.5, 0.6) is 0 Å². The summed E-state index contributed by atoms with van der Waals surface area (Å²) in [7, 11) is -3.50. The third-order valence-corrected chi connectivity index (χ3v) is 4.74. The van der Waals surface area contributed by atoms with E-state index in [0.717, 1.165) is 11.1 Å². The second-order valence-corrected chi connectivity index (χ2v) is 6.25. The van der Waals surface area contributed by atoms with Crippen LogP contribution in [0.15, 0.2) is 41.6 Å². The zero-order valence-electron chi connectivity index (χ0n) is 11.0. The highest BCUT2D eigenvalue weighted by Crippen LogP contribution is 2.16. The van der Waals surface area contributed by atoms with E-state index in [1.807, 2.05) is 38.1 Å². The third-order valence-electron chi connectivity index (χ3n) is 2.89. The lowest BCUT2D eigenvalue weighted by Gasteiger charge is -2.19. The molecule has 1 N–H and O–H groups in total. The fourth-order valence-corrected chi connectivity index (χ4v) is 3.24. The number of rotatable bonds is 5. The van der Waals surface area contributed by atoms with Gasteiger partial charge in [0, 0.05) is 13.1 Å². The largest absolute Gasteiger partial charge is 0.266 e. The van der Waals surface area contributed by atoms with Crippen molar-refractivity contribution in [3.05, 3.63) is 47.7 Å². The average molecular weight is 279 g/mol. The Morgan fingerprint density at radius 3 is 2.68 bits per heavy atom. The summed E-state index contributed by atoms with van der Waals surface area (Å²) in [6, 6.07) is 9.31. The summed E-state index contributed by atoms with van der Waals surface area (Å²) in [5.41, 5.74) is 2.09. The molecule has 0 aliphatic heterocycles. The molecule has 2 rings (SSSR count). The van der Waals surface area contributed by atoms with Gasteiger partial charge in [0.15, 0.2) is 5.03 Å². The Labute approximate surface area is 113 Å². The van der Waals surface area contributed by atoms with Crippen LogP contribution >= 0.6 is 0 Å². The topological polar surface area (TPSA) is 66.1 Å². The Morgan fingerprint density at radius 2 is 2.11 bits per heavy atom. The van der Waals surface area contributed by atoms with Crippen LogP contribution in [0.2, 0.25) is 0 Å². The summed E-state index contributed by atoms with van der Waals surface area (Å²) in [5.74, 6) is 0. The molecule has 0 spiro atoms. The van der Waals surface area contributed by atoms with Crippen molar-refractivity contribution in [1.82, 2.24) is 14.5 Å². The molecule has 0 unspecified atom stereocenters. The monoisotopic (exact) mass is 279 g/mol. The number of H-pyrrole nitrogens is 1. The van der Waals surface area contributed by atoms with E-state index in [-0.39, 0.29) is 5.03 Å². The van der Waals surface area contributed by atoms with Crippen LogP contribution in [0.3, 0.4) is 0 Å². The number of nitrogens with one attached hydrogen (secondary N) is 1. The van der Waals surface area contributed by atoms with E-state index in [1.54, 1.807) is 0 Å². The first kappa shape index (κ1) is 13.8. The zero-order valence-corrected chi connectivity index (χ0v) is 11.8. The molecule has 0 saturated heterocycles. The SMILES string of the molecule is CCN(Cc1cccc(C)c1)S(=O)(=O)c1ccn[nH]1. The van der Waals surface area contributed by atoms with Gasteiger partial charge in [0.1, 0.15) is 0 Å². The van der Waals surface area contributed by atoms with E-state index in [2.05, 4.69) is 10.2 Å². The number of sulfonamides is 1. The van der Waals surface area contributed by atoms with Crippen molar-refractivity contribution in [2.75, 3.05) is 6.54 Å². The van der Waals surface area contributed by atoms with Crippen molar-refractivity contribution in [1.29, 1.82) is 0 Å². The van der Waals surface area contributed by atoms with Crippen molar-refractivity contribution < 1.29 is 8.42 Å². The average Bonchev–Trinajstić information content (AvgIpc) is 2.90. The zero-order chi connectivity index (χ0) is 13.9. The van der Waals surface area contributed by atoms with Crippen LogP contribution in [-0.4, -0.2) is 29.5 Å². The second-order valence-electron chi connectivity index (χ2n) is 4.34. The normalized spacial score (nSPS) is 11.9. The molecule has 2 aromatic rings. The number of hydrogen-bond acceptors (Lipinski definition) is 3. The smallest absolute Gasteiger partial charge is 0.260 e. The molecule has 6 heteroatoms. The molecule has 0 bridgehead atoms. The summed E-state index contributed by atoms with van der Waals surface area (Å²) in [4.78, 5) is 0. The maximum Gasteiger partial charge on any atom is 0.260 e. The maximum atomic E-state index is 12.4. The van der Waals surface area contributed by atoms with E-state index in [4.69, 9.17) is 0 Å². The van der Waals surface area contributed by atoms with Crippen molar-refractivity contribution in [2.24, 2.45) is 0 Å². The molecular weight excluding hydrogens is 262 g/mol. The lowest BCUT2D eigenvalue weighted by Crippen LogP contribution is -2.30. The molecule has 5 nitrogen and oxygen atoms in total. The standard InChI is InChI=1S/C13H17N3O2S/c1-3-16(10-12-6-4-5-11(2)9-12)19(17,18)13-7-8-14-15-13/h4-9H,3,10H2,1-2H3,(H,14,15). The molecule has 102 valence electrons. The van der Waals surface area contributed by atoms with E-state index < -0.39 is 10.0 Å². The first-order chi connectivity index (χ1) is 9.04. The molecule has 0 aliphatic carbocycles. The van der Waals surface area contributed by atoms with Gasteiger partial charge in [0.2, 0.25) is 0 Å². The fourth-order valence-electron chi connectivity index (χ4n) is 1.91. The quantitative estimate of drug-likeness (QED) is 0.909. The highest BCUT2D eigenvalue weighted by Gasteiger charge is 2.24. The minimum atomic E-state index is -3.50. The van der Waals surface area contributed by atoms with Gasteiger partial charge in [-0.2, -0.15) is 9.40 Å². The van der Waals surface area contributed by atoms with Gasteiger partial charge in [-0.25, -0.2) is 8.42 Å². The van der Waals surface area contributed by atoms with Crippen LogP contribution in [-0.2, 0) is 16.6 Å². The Morgan fingerprint density at radius 1 is 1.32 bits per heavy atom. The highest BCUT2D eigenvalue weighted by molar-refractivity contribution is 7.89. The van der Waals surface area contributed by atoms with Crippen molar-refractivity contribution in [3.8, 4) is 0 Å². The second kappa shape index (κ2) is 5.54. The number of nitrogens with zero attached hydrogens (tertiary/aromatic N) is 2. The summed E-state index contributed by atoms with van der Waals surface area (Å²) < 4.78 is 26.2. The number of aromatic amines is 1. The minimum Gasteiger partial charge on any atom is -0.266 e. The van der Waals surface area contributed by atoms with E-state index in [0.29, 0.717) is 13.1 Å². The molecule has 0 fully saturated rings. The van der Waals surface area contributed by atoms with Crippen LogP contribution in [0, 0.1) is 6.92 Å². The van der Waals surface area contributed by atoms with Gasteiger partial charge in [0.25, 0.3) is 10.0 Å². The van der Waals surface area contributed by atoms with Gasteiger partial charge in [-0.1, -0.05) is 36.8 Å². The molecule has 0 aliphatic rings. The fraction of sp³-hybridized carbons (Fsp3) is 0.308. The number of benzene rings is 1. The predicted octanol–water partition coefficient (Wildman–Crippen LogP) is 1.93. The molecule has 1 heterocycles. The minimum absolute atomic E-state index is 0.127. The number of aromatic nitrogens is 2. The van der Waals surface area contributed by atoms with E-state index >= 15 is 0 Å². The van der Waals surface area contributed by atoms with Crippen molar-refractivity contribution in [2.45, 2.75) is 25.4 Å². The summed E-state index contributed by atoms with van der Waals surface area (Å²) in [5, 5.41) is 6.33. The maximum absolute atomic E-state index is 12.4. The van der Waals surface area contributed by atoms with E-state index in [9.17, 15) is 8.42 Å². The van der Waals surface area contributed by atoms with Crippen LogP contribution < -0.4 is 0 Å². The van der Waals surface area contributed by atoms with Crippen LogP contribution in [0.1, 0.15) is 18.1 Å². The van der Waals surface area contributed by atoms with Crippen LogP contribution in [0.4, 0.5) is 0 Å². The predicted molar refractivity (Wildman–Crippen MR) is 73.0 cm³/mol. The summed E-state index contributed by atoms with van der Waals surface area (Å²) in [6.07, 6.45) is 1.44. The first-order valence-electron chi connectivity index (χ1n) is 6.09. The van der Waals surface area contributed by atoms with Crippen molar-refractivity contribution in [3.63, 3.8) is 0 Å². The lowest BCUT2D eigenvalue weighted by atomic mass is 10.1. The molecular formula is C13H17N3O2S. The molecule has 0 atom stereocenters. The van der Waals surface area contributed by atoms with Gasteiger partial charge >= 0.3 is 0 Å². The number of aryl methyl sites for hydroxylation is 1. The van der Waals surface area contributed by atoms with Crippen LogP contribution in [0.25, 0.3) is 0 Å². The van der Waals surface area contributed by atoms with Gasteiger partial charge in [0.05, 0.1) is 6.20 Å². The highest BCUT2D eigenvalue weighted by atomic mass is 32.2. The Kier molecular flexibility index (Phi) is 4.01. The summed E-state index contributed by atoms with van der Waals surface area (Å²) >= 11 is 0. The molecule has 1 aromatic carbocycles. The molecule has 1 aromatic heterocycles. The Bertz CT molecular complexity index is 636. The Balaban J connectivity index is 2.26. The first-order valence-corrected chi connectivity index (χ1v) is 7.53. The summed E-state index contributed by atoms with van der Waals surface area (Å²) in [6.45, 7) is 4.59. The third kappa shape index (κ3) is 3.02. The molecule has 0 saturated carbocycles. The van der Waals surface area contributed by atoms with Gasteiger partial charge in [-0.3, -0.25) is 5.10 Å². The molecule has 0 radical (unpaired) electrons. The van der Waals surface area contributed by atoms with Gasteiger partial charge < -0.3 is 0 Å². The molecule has 0 amide bonds.